The summed E-state index contributed by atoms with van der Waals surface area (Å²) < 4.78 is 0. The van der Waals surface area contributed by atoms with E-state index in [1.165, 1.54) is 6.07 Å². The summed E-state index contributed by atoms with van der Waals surface area (Å²) in [6.07, 6.45) is -0.442. The van der Waals surface area contributed by atoms with Gasteiger partial charge in [-0.15, -0.1) is 0 Å². The van der Waals surface area contributed by atoms with E-state index < -0.39 is 6.10 Å². The molecule has 2 atom stereocenters. The number of aliphatic hydroxyl groups excluding tert-OH is 1. The lowest BCUT2D eigenvalue weighted by molar-refractivity contribution is -0.383. The van der Waals surface area contributed by atoms with Crippen LogP contribution in [0.3, 0.4) is 0 Å². The van der Waals surface area contributed by atoms with Gasteiger partial charge in [0.25, 0.3) is 5.69 Å². The molecule has 138 valence electrons. The number of non-ortho nitro benzene ring substituents is 1. The molecular formula is C19H23N3O3S. The van der Waals surface area contributed by atoms with Crippen molar-refractivity contribution in [2.45, 2.75) is 32.9 Å². The highest BCUT2D eigenvalue weighted by molar-refractivity contribution is 8.14. The van der Waals surface area contributed by atoms with Crippen molar-refractivity contribution in [2.75, 3.05) is 12.3 Å². The van der Waals surface area contributed by atoms with Crippen molar-refractivity contribution >= 4 is 39.1 Å². The lowest BCUT2D eigenvalue weighted by Gasteiger charge is -2.29. The van der Waals surface area contributed by atoms with Gasteiger partial charge < -0.3 is 10.0 Å². The second-order valence-corrected chi connectivity index (χ2v) is 7.95. The maximum atomic E-state index is 11.3. The number of thioether (sulfide) groups is 1. The number of fused-ring (bicyclic) bond motifs is 1. The first kappa shape index (κ1) is 18.7. The molecule has 2 aromatic rings. The molecule has 1 fully saturated rings. The first-order valence-corrected chi connectivity index (χ1v) is 9.69. The van der Waals surface area contributed by atoms with E-state index >= 15 is 0 Å². The molecule has 0 radical (unpaired) electrons. The Kier molecular flexibility index (Phi) is 5.48. The summed E-state index contributed by atoms with van der Waals surface area (Å²) in [5.74, 6) is 1.22. The van der Waals surface area contributed by atoms with Crippen LogP contribution in [0.25, 0.3) is 10.8 Å². The summed E-state index contributed by atoms with van der Waals surface area (Å²) >= 11 is 1.62. The van der Waals surface area contributed by atoms with Gasteiger partial charge >= 0.3 is 0 Å². The second-order valence-electron chi connectivity index (χ2n) is 6.97. The van der Waals surface area contributed by atoms with Gasteiger partial charge in [0, 0.05) is 23.8 Å². The molecule has 7 heteroatoms. The van der Waals surface area contributed by atoms with Gasteiger partial charge in [-0.1, -0.05) is 43.8 Å². The molecular weight excluding hydrogens is 350 g/mol. The van der Waals surface area contributed by atoms with E-state index in [1.54, 1.807) is 30.0 Å². The summed E-state index contributed by atoms with van der Waals surface area (Å²) in [5.41, 5.74) is 0.804. The molecule has 0 spiro atoms. The van der Waals surface area contributed by atoms with Crippen LogP contribution in [0.1, 0.15) is 20.8 Å². The largest absolute Gasteiger partial charge is 0.391 e. The standard InChI is InChI=1S/C19H23N3O3S/c1-12(2)10-21-18(13(3)23)11-26-19(21)20-16-8-9-17(22(24)25)15-7-5-4-6-14(15)16/h4-9,12-13,18,23H,10-11H2,1-3H3/t13?,18-/m1/s1. The normalized spacial score (nSPS) is 20.3. The fraction of sp³-hybridized carbons (Fsp3) is 0.421. The lowest BCUT2D eigenvalue weighted by atomic mass is 10.1. The Morgan fingerprint density at radius 2 is 1.96 bits per heavy atom. The molecule has 1 unspecified atom stereocenters. The molecule has 0 saturated carbocycles. The van der Waals surface area contributed by atoms with Crippen molar-refractivity contribution in [2.24, 2.45) is 10.9 Å². The minimum absolute atomic E-state index is 0.0328. The van der Waals surface area contributed by atoms with Crippen LogP contribution in [0.2, 0.25) is 0 Å². The Labute approximate surface area is 157 Å². The summed E-state index contributed by atoms with van der Waals surface area (Å²) in [7, 11) is 0. The van der Waals surface area contributed by atoms with E-state index in [0.29, 0.717) is 17.0 Å². The molecule has 0 aliphatic carbocycles. The number of amidine groups is 1. The predicted molar refractivity (Wildman–Crippen MR) is 107 cm³/mol. The number of rotatable bonds is 5. The molecule has 26 heavy (non-hydrogen) atoms. The van der Waals surface area contributed by atoms with Gasteiger partial charge in [0.2, 0.25) is 0 Å². The van der Waals surface area contributed by atoms with Crippen molar-refractivity contribution in [1.29, 1.82) is 0 Å². The molecule has 1 aliphatic heterocycles. The average Bonchev–Trinajstić information content (AvgIpc) is 2.97. The number of nitrogens with zero attached hydrogens (tertiary/aromatic N) is 3. The molecule has 1 N–H and O–H groups in total. The van der Waals surface area contributed by atoms with E-state index in [4.69, 9.17) is 4.99 Å². The van der Waals surface area contributed by atoms with Crippen LogP contribution >= 0.6 is 11.8 Å². The van der Waals surface area contributed by atoms with Gasteiger partial charge in [-0.05, 0) is 25.0 Å². The summed E-state index contributed by atoms with van der Waals surface area (Å²) in [6.45, 7) is 6.90. The van der Waals surface area contributed by atoms with Crippen LogP contribution in [-0.2, 0) is 0 Å². The Hall–Kier alpha value is -2.12. The third-order valence-corrected chi connectivity index (χ3v) is 5.53. The summed E-state index contributed by atoms with van der Waals surface area (Å²) in [5, 5.41) is 23.6. The van der Waals surface area contributed by atoms with Crippen molar-refractivity contribution in [1.82, 2.24) is 4.90 Å². The van der Waals surface area contributed by atoms with Gasteiger partial charge in [0.05, 0.1) is 28.1 Å². The molecule has 1 saturated heterocycles. The van der Waals surface area contributed by atoms with Crippen molar-refractivity contribution in [3.8, 4) is 0 Å². The molecule has 0 aromatic heterocycles. The number of hydrogen-bond donors (Lipinski definition) is 1. The first-order chi connectivity index (χ1) is 12.4. The van der Waals surface area contributed by atoms with Crippen LogP contribution in [0.15, 0.2) is 41.4 Å². The zero-order valence-electron chi connectivity index (χ0n) is 15.1. The van der Waals surface area contributed by atoms with Crippen LogP contribution in [0, 0.1) is 16.0 Å². The molecule has 3 rings (SSSR count). The first-order valence-electron chi connectivity index (χ1n) is 8.70. The number of nitro benzene ring substituents is 1. The topological polar surface area (TPSA) is 79.0 Å². The number of nitro groups is 1. The summed E-state index contributed by atoms with van der Waals surface area (Å²) in [4.78, 5) is 17.9. The van der Waals surface area contributed by atoms with Crippen LogP contribution in [0.4, 0.5) is 11.4 Å². The second kappa shape index (κ2) is 7.63. The monoisotopic (exact) mass is 373 g/mol. The fourth-order valence-electron chi connectivity index (χ4n) is 3.20. The molecule has 2 aromatic carbocycles. The maximum Gasteiger partial charge on any atom is 0.277 e. The highest BCUT2D eigenvalue weighted by Gasteiger charge is 2.33. The number of aliphatic imine (C=N–C) groups is 1. The molecule has 0 bridgehead atoms. The van der Waals surface area contributed by atoms with E-state index in [1.807, 2.05) is 19.1 Å². The minimum Gasteiger partial charge on any atom is -0.391 e. The van der Waals surface area contributed by atoms with E-state index in [0.717, 1.165) is 22.9 Å². The molecule has 0 amide bonds. The zero-order chi connectivity index (χ0) is 18.8. The predicted octanol–water partition coefficient (Wildman–Crippen LogP) is 4.19. The van der Waals surface area contributed by atoms with Crippen molar-refractivity contribution in [3.63, 3.8) is 0 Å². The van der Waals surface area contributed by atoms with Gasteiger partial charge in [0.15, 0.2) is 5.17 Å². The van der Waals surface area contributed by atoms with Gasteiger partial charge in [-0.3, -0.25) is 10.1 Å². The SMILES string of the molecule is CC(C)CN1C(=Nc2ccc([N+](=O)[O-])c3ccccc23)SC[C@@H]1C(C)O. The maximum absolute atomic E-state index is 11.3. The van der Waals surface area contributed by atoms with Crippen LogP contribution < -0.4 is 0 Å². The highest BCUT2D eigenvalue weighted by atomic mass is 32.2. The van der Waals surface area contributed by atoms with Crippen LogP contribution in [-0.4, -0.2) is 44.5 Å². The Bertz CT molecular complexity index is 851. The zero-order valence-corrected chi connectivity index (χ0v) is 15.9. The lowest BCUT2D eigenvalue weighted by Crippen LogP contribution is -2.43. The average molecular weight is 373 g/mol. The van der Waals surface area contributed by atoms with Crippen LogP contribution in [0.5, 0.6) is 0 Å². The van der Waals surface area contributed by atoms with Crippen molar-refractivity contribution < 1.29 is 10.0 Å². The minimum atomic E-state index is -0.442. The quantitative estimate of drug-likeness (QED) is 0.628. The Balaban J connectivity index is 2.06. The molecule has 1 aliphatic rings. The third-order valence-electron chi connectivity index (χ3n) is 4.44. The fourth-order valence-corrected chi connectivity index (χ4v) is 4.52. The van der Waals surface area contributed by atoms with E-state index in [9.17, 15) is 15.2 Å². The van der Waals surface area contributed by atoms with Gasteiger partial charge in [0.1, 0.15) is 0 Å². The van der Waals surface area contributed by atoms with Gasteiger partial charge in [-0.2, -0.15) is 0 Å². The van der Waals surface area contributed by atoms with Gasteiger partial charge in [-0.25, -0.2) is 4.99 Å². The number of hydrogen-bond acceptors (Lipinski definition) is 5. The number of aliphatic hydroxyl groups is 1. The highest BCUT2D eigenvalue weighted by Crippen LogP contribution is 2.36. The number of benzene rings is 2. The Morgan fingerprint density at radius 3 is 2.58 bits per heavy atom. The third kappa shape index (κ3) is 3.68. The molecule has 6 nitrogen and oxygen atoms in total. The Morgan fingerprint density at radius 1 is 1.27 bits per heavy atom. The summed E-state index contributed by atoms with van der Waals surface area (Å²) in [6, 6.07) is 10.5. The van der Waals surface area contributed by atoms with E-state index in [2.05, 4.69) is 18.7 Å². The molecule has 1 heterocycles. The van der Waals surface area contributed by atoms with Crippen molar-refractivity contribution in [3.05, 3.63) is 46.5 Å². The smallest absolute Gasteiger partial charge is 0.277 e. The van der Waals surface area contributed by atoms with E-state index in [-0.39, 0.29) is 16.7 Å².